The molecule has 6 heteroatoms. The lowest BCUT2D eigenvalue weighted by Gasteiger charge is -2.07. The third-order valence-corrected chi connectivity index (χ3v) is 2.75. The van der Waals surface area contributed by atoms with Crippen molar-refractivity contribution < 1.29 is 23.8 Å². The molecule has 0 saturated heterocycles. The Morgan fingerprint density at radius 3 is 2.71 bits per heavy atom. The Hall–Kier alpha value is -2.11. The summed E-state index contributed by atoms with van der Waals surface area (Å²) >= 11 is 0. The van der Waals surface area contributed by atoms with E-state index in [-0.39, 0.29) is 18.1 Å². The molecule has 21 heavy (non-hydrogen) atoms. The highest BCUT2D eigenvalue weighted by Crippen LogP contribution is 2.12. The molecule has 0 aliphatic heterocycles. The number of hydrogen-bond acceptors (Lipinski definition) is 3. The predicted octanol–water partition coefficient (Wildman–Crippen LogP) is 2.36. The molecule has 1 aromatic rings. The minimum atomic E-state index is -0.823. The van der Waals surface area contributed by atoms with Crippen LogP contribution in [0.5, 0.6) is 5.75 Å². The summed E-state index contributed by atoms with van der Waals surface area (Å²) < 4.78 is 18.2. The summed E-state index contributed by atoms with van der Waals surface area (Å²) in [5.41, 5.74) is 0. The van der Waals surface area contributed by atoms with Gasteiger partial charge < -0.3 is 15.2 Å². The number of halogens is 1. The zero-order valence-corrected chi connectivity index (χ0v) is 11.8. The number of aliphatic carboxylic acids is 1. The van der Waals surface area contributed by atoms with Gasteiger partial charge in [0, 0.05) is 25.5 Å². The maximum atomic E-state index is 12.9. The number of nitrogens with one attached hydrogen (secondary N) is 1. The average molecular weight is 297 g/mol. The lowest BCUT2D eigenvalue weighted by atomic mass is 10.2. The third kappa shape index (κ3) is 8.62. The van der Waals surface area contributed by atoms with Crippen LogP contribution in [-0.2, 0) is 9.59 Å². The second kappa shape index (κ2) is 9.74. The molecular weight excluding hydrogens is 277 g/mol. The van der Waals surface area contributed by atoms with Crippen molar-refractivity contribution in [2.24, 2.45) is 0 Å². The fourth-order valence-corrected chi connectivity index (χ4v) is 1.70. The monoisotopic (exact) mass is 297 g/mol. The minimum Gasteiger partial charge on any atom is -0.493 e. The number of carbonyl (C=O) groups excluding carboxylic acids is 1. The fraction of sp³-hybridized carbons (Fsp3) is 0.467. The third-order valence-electron chi connectivity index (χ3n) is 2.75. The van der Waals surface area contributed by atoms with E-state index in [1.807, 2.05) is 0 Å². The molecule has 1 rings (SSSR count). The molecule has 0 bridgehead atoms. The van der Waals surface area contributed by atoms with Gasteiger partial charge in [0.05, 0.1) is 6.61 Å². The second-order valence-electron chi connectivity index (χ2n) is 4.61. The maximum Gasteiger partial charge on any atom is 0.303 e. The summed E-state index contributed by atoms with van der Waals surface area (Å²) in [6.45, 7) is 0.826. The Morgan fingerprint density at radius 1 is 1.19 bits per heavy atom. The van der Waals surface area contributed by atoms with Crippen LogP contribution in [0.25, 0.3) is 0 Å². The number of ether oxygens (including phenoxy) is 1. The quantitative estimate of drug-likeness (QED) is 0.650. The number of carboxylic acids is 1. The first-order valence-electron chi connectivity index (χ1n) is 6.95. The van der Waals surface area contributed by atoms with E-state index in [9.17, 15) is 14.0 Å². The molecule has 0 spiro atoms. The van der Waals surface area contributed by atoms with E-state index in [0.29, 0.717) is 44.6 Å². The van der Waals surface area contributed by atoms with Gasteiger partial charge in [0.25, 0.3) is 0 Å². The summed E-state index contributed by atoms with van der Waals surface area (Å²) in [6, 6.07) is 5.85. The zero-order chi connectivity index (χ0) is 15.5. The molecular formula is C15H20FNO4. The zero-order valence-electron chi connectivity index (χ0n) is 11.8. The molecule has 1 aromatic carbocycles. The van der Waals surface area contributed by atoms with Gasteiger partial charge >= 0.3 is 5.97 Å². The van der Waals surface area contributed by atoms with Gasteiger partial charge in [-0.15, -0.1) is 0 Å². The fourth-order valence-electron chi connectivity index (χ4n) is 1.70. The topological polar surface area (TPSA) is 75.6 Å². The van der Waals surface area contributed by atoms with Crippen molar-refractivity contribution in [2.45, 2.75) is 32.1 Å². The summed E-state index contributed by atoms with van der Waals surface area (Å²) in [4.78, 5) is 21.7. The van der Waals surface area contributed by atoms with Crippen LogP contribution < -0.4 is 10.1 Å². The highest BCUT2D eigenvalue weighted by Gasteiger charge is 2.02. The van der Waals surface area contributed by atoms with Crippen molar-refractivity contribution in [1.29, 1.82) is 0 Å². The van der Waals surface area contributed by atoms with Gasteiger partial charge in [0.15, 0.2) is 0 Å². The van der Waals surface area contributed by atoms with Crippen molar-refractivity contribution in [3.8, 4) is 5.75 Å². The van der Waals surface area contributed by atoms with Crippen molar-refractivity contribution in [3.63, 3.8) is 0 Å². The predicted molar refractivity (Wildman–Crippen MR) is 75.6 cm³/mol. The number of carbonyl (C=O) groups is 2. The maximum absolute atomic E-state index is 12.9. The summed E-state index contributed by atoms with van der Waals surface area (Å²) in [5, 5.41) is 11.2. The molecule has 0 fully saturated rings. The summed E-state index contributed by atoms with van der Waals surface area (Å²) in [5.74, 6) is -0.820. The van der Waals surface area contributed by atoms with E-state index < -0.39 is 5.97 Å². The van der Waals surface area contributed by atoms with Gasteiger partial charge in [-0.2, -0.15) is 0 Å². The molecule has 5 nitrogen and oxygen atoms in total. The van der Waals surface area contributed by atoms with Crippen LogP contribution in [-0.4, -0.2) is 30.1 Å². The molecule has 2 N–H and O–H groups in total. The molecule has 0 heterocycles. The number of benzene rings is 1. The van der Waals surface area contributed by atoms with E-state index in [0.717, 1.165) is 0 Å². The van der Waals surface area contributed by atoms with Gasteiger partial charge in [-0.3, -0.25) is 9.59 Å². The average Bonchev–Trinajstić information content (AvgIpc) is 2.43. The molecule has 0 atom stereocenters. The number of amides is 1. The Morgan fingerprint density at radius 2 is 2.00 bits per heavy atom. The molecule has 0 aliphatic rings. The second-order valence-corrected chi connectivity index (χ2v) is 4.61. The highest BCUT2D eigenvalue weighted by atomic mass is 19.1. The van der Waals surface area contributed by atoms with E-state index in [1.54, 1.807) is 12.1 Å². The molecule has 0 unspecified atom stereocenters. The summed E-state index contributed by atoms with van der Waals surface area (Å²) in [6.07, 6.45) is 2.19. The van der Waals surface area contributed by atoms with Crippen molar-refractivity contribution in [2.75, 3.05) is 13.2 Å². The molecule has 116 valence electrons. The van der Waals surface area contributed by atoms with Crippen LogP contribution in [0.15, 0.2) is 24.3 Å². The molecule has 0 saturated carbocycles. The van der Waals surface area contributed by atoms with Crippen molar-refractivity contribution in [1.82, 2.24) is 5.32 Å². The molecule has 0 aliphatic carbocycles. The normalized spacial score (nSPS) is 10.1. The largest absolute Gasteiger partial charge is 0.493 e. The van der Waals surface area contributed by atoms with E-state index >= 15 is 0 Å². The van der Waals surface area contributed by atoms with Crippen molar-refractivity contribution in [3.05, 3.63) is 30.1 Å². The van der Waals surface area contributed by atoms with E-state index in [1.165, 1.54) is 12.1 Å². The van der Waals surface area contributed by atoms with E-state index in [4.69, 9.17) is 9.84 Å². The lowest BCUT2D eigenvalue weighted by Crippen LogP contribution is -2.24. The smallest absolute Gasteiger partial charge is 0.303 e. The Labute approximate surface area is 123 Å². The van der Waals surface area contributed by atoms with Crippen LogP contribution in [0.4, 0.5) is 4.39 Å². The standard InChI is InChI=1S/C15H20FNO4/c16-12-5-3-6-13(11-12)21-10-4-7-14(18)17-9-2-1-8-15(19)20/h3,5-6,11H,1-2,4,7-10H2,(H,17,18)(H,19,20). The Kier molecular flexibility index (Phi) is 7.86. The molecule has 0 aromatic heterocycles. The van der Waals surface area contributed by atoms with Gasteiger partial charge in [-0.05, 0) is 31.4 Å². The first-order valence-corrected chi connectivity index (χ1v) is 6.95. The summed E-state index contributed by atoms with van der Waals surface area (Å²) in [7, 11) is 0. The van der Waals surface area contributed by atoms with Gasteiger partial charge in [-0.25, -0.2) is 4.39 Å². The first-order chi connectivity index (χ1) is 10.1. The lowest BCUT2D eigenvalue weighted by molar-refractivity contribution is -0.137. The van der Waals surface area contributed by atoms with Gasteiger partial charge in [0.1, 0.15) is 11.6 Å². The number of carboxylic acid groups (broad SMARTS) is 1. The van der Waals surface area contributed by atoms with Crippen LogP contribution in [0.3, 0.4) is 0 Å². The highest BCUT2D eigenvalue weighted by molar-refractivity contribution is 5.75. The minimum absolute atomic E-state index is 0.0897. The molecule has 1 amide bonds. The number of rotatable bonds is 10. The van der Waals surface area contributed by atoms with Crippen LogP contribution in [0.2, 0.25) is 0 Å². The van der Waals surface area contributed by atoms with Gasteiger partial charge in [0.2, 0.25) is 5.91 Å². The Bertz CT molecular complexity index is 465. The first kappa shape index (κ1) is 16.9. The van der Waals surface area contributed by atoms with Crippen molar-refractivity contribution >= 4 is 11.9 Å². The van der Waals surface area contributed by atoms with Crippen LogP contribution >= 0.6 is 0 Å². The van der Waals surface area contributed by atoms with Crippen LogP contribution in [0, 0.1) is 5.82 Å². The Balaban J connectivity index is 2.02. The number of hydrogen-bond donors (Lipinski definition) is 2. The number of unbranched alkanes of at least 4 members (excludes halogenated alkanes) is 1. The van der Waals surface area contributed by atoms with Gasteiger partial charge in [-0.1, -0.05) is 6.07 Å². The molecule has 0 radical (unpaired) electrons. The SMILES string of the molecule is O=C(O)CCCCNC(=O)CCCOc1cccc(F)c1. The van der Waals surface area contributed by atoms with Crippen LogP contribution in [0.1, 0.15) is 32.1 Å². The van der Waals surface area contributed by atoms with E-state index in [2.05, 4.69) is 5.32 Å².